The molecule has 290 valence electrons. The van der Waals surface area contributed by atoms with E-state index in [2.05, 4.69) is 60.1 Å². The molecule has 1 unspecified atom stereocenters. The molecule has 7 aliphatic heterocycles. The molecule has 9 rings (SSSR count). The molecule has 53 heavy (non-hydrogen) atoms. The monoisotopic (exact) mass is 739 g/mol. The Bertz CT molecular complexity index is 1660. The van der Waals surface area contributed by atoms with Crippen LogP contribution in [-0.4, -0.2) is 142 Å². The fourth-order valence-corrected chi connectivity index (χ4v) is 8.12. The van der Waals surface area contributed by atoms with Gasteiger partial charge in [-0.2, -0.15) is 4.58 Å². The molecule has 6 fully saturated rings. The average molecular weight is 740 g/mol. The zero-order valence-corrected chi connectivity index (χ0v) is 30.8. The lowest BCUT2D eigenvalue weighted by Crippen LogP contribution is -2.65. The molecule has 0 spiro atoms. The summed E-state index contributed by atoms with van der Waals surface area (Å²) in [6, 6.07) is 12.6. The Kier molecular flexibility index (Phi) is 13.1. The molecule has 6 N–H and O–H groups in total. The first-order valence-corrected chi connectivity index (χ1v) is 18.8. The minimum atomic E-state index is -1.41. The van der Waals surface area contributed by atoms with Gasteiger partial charge in [0.1, 0.15) is 48.8 Å². The lowest BCUT2D eigenvalue weighted by atomic mass is 9.79. The van der Waals surface area contributed by atoms with Crippen molar-refractivity contribution in [3.63, 3.8) is 0 Å². The van der Waals surface area contributed by atoms with Gasteiger partial charge in [-0.3, -0.25) is 4.79 Å². The van der Waals surface area contributed by atoms with Crippen LogP contribution in [0.5, 0.6) is 0 Å². The van der Waals surface area contributed by atoms with Crippen LogP contribution in [0, 0.1) is 0 Å². The maximum absolute atomic E-state index is 13.2. The summed E-state index contributed by atoms with van der Waals surface area (Å²) in [5.41, 5.74) is 3.18. The molecule has 0 radical (unpaired) electrons. The second-order valence-electron chi connectivity index (χ2n) is 14.7. The SMILES string of the molecule is C/C=C/C=C/C1=[N+](CCC(=O)NCCCO[C@H]2[C@H]3OC4[C@@H](CO)O[C@H](CCCO[C@@H]([C@@H]2O)[C@@H](CO)O3)[C@H](O)[C@H]4O)c2ccc3ccccc3c2C1(C)C. The minimum absolute atomic E-state index is 0.105. The van der Waals surface area contributed by atoms with Crippen molar-refractivity contribution in [3.05, 3.63) is 66.3 Å². The van der Waals surface area contributed by atoms with Gasteiger partial charge in [-0.05, 0) is 56.9 Å². The second-order valence-corrected chi connectivity index (χ2v) is 14.7. The van der Waals surface area contributed by atoms with E-state index in [9.17, 15) is 30.3 Å². The smallest absolute Gasteiger partial charge is 0.226 e. The summed E-state index contributed by atoms with van der Waals surface area (Å²) < 4.78 is 32.2. The molecule has 1 amide bonds. The van der Waals surface area contributed by atoms with Crippen LogP contribution in [0.1, 0.15) is 52.0 Å². The summed E-state index contributed by atoms with van der Waals surface area (Å²) in [4.78, 5) is 13.2. The molecule has 4 bridgehead atoms. The quantitative estimate of drug-likeness (QED) is 0.106. The van der Waals surface area contributed by atoms with Crippen molar-refractivity contribution in [1.82, 2.24) is 5.32 Å². The van der Waals surface area contributed by atoms with Crippen LogP contribution in [-0.2, 0) is 33.9 Å². The number of benzene rings is 2. The first kappa shape index (κ1) is 39.6. The highest BCUT2D eigenvalue weighted by Crippen LogP contribution is 2.44. The Morgan fingerprint density at radius 3 is 2.53 bits per heavy atom. The van der Waals surface area contributed by atoms with Crippen molar-refractivity contribution < 1.29 is 58.6 Å². The van der Waals surface area contributed by atoms with Gasteiger partial charge in [0.2, 0.25) is 11.6 Å². The average Bonchev–Trinajstić information content (AvgIpc) is 3.39. The molecule has 0 saturated carbocycles. The van der Waals surface area contributed by atoms with Crippen LogP contribution in [0.2, 0.25) is 0 Å². The number of allylic oxidation sites excluding steroid dienone is 4. The molecule has 10 atom stereocenters. The van der Waals surface area contributed by atoms with E-state index in [-0.39, 0.29) is 31.0 Å². The van der Waals surface area contributed by atoms with Gasteiger partial charge in [0.25, 0.3) is 0 Å². The summed E-state index contributed by atoms with van der Waals surface area (Å²) in [5.74, 6) is -0.112. The third-order valence-electron chi connectivity index (χ3n) is 10.8. The highest BCUT2D eigenvalue weighted by atomic mass is 16.7. The predicted molar refractivity (Wildman–Crippen MR) is 196 cm³/mol. The number of rotatable bonds is 12. The number of nitrogens with one attached hydrogen (secondary N) is 1. The summed E-state index contributed by atoms with van der Waals surface area (Å²) in [7, 11) is 0. The number of aliphatic hydroxyl groups is 5. The van der Waals surface area contributed by atoms with Gasteiger partial charge in [0.15, 0.2) is 18.5 Å². The van der Waals surface area contributed by atoms with Crippen LogP contribution >= 0.6 is 0 Å². The van der Waals surface area contributed by atoms with E-state index < -0.39 is 74.4 Å². The molecule has 13 nitrogen and oxygen atoms in total. The fraction of sp³-hybridized carbons (Fsp3) is 0.600. The molecule has 2 aromatic rings. The van der Waals surface area contributed by atoms with Crippen molar-refractivity contribution >= 4 is 28.1 Å². The zero-order valence-electron chi connectivity index (χ0n) is 30.8. The Morgan fingerprint density at radius 2 is 1.75 bits per heavy atom. The third kappa shape index (κ3) is 8.30. The Morgan fingerprint density at radius 1 is 0.981 bits per heavy atom. The summed E-state index contributed by atoms with van der Waals surface area (Å²) in [5, 5.41) is 58.6. The van der Waals surface area contributed by atoms with E-state index >= 15 is 0 Å². The number of ether oxygens (including phenoxy) is 5. The van der Waals surface area contributed by atoms with Crippen LogP contribution in [0.15, 0.2) is 60.7 Å². The normalized spacial score (nSPS) is 33.0. The lowest BCUT2D eigenvalue weighted by Gasteiger charge is -2.47. The van der Waals surface area contributed by atoms with Gasteiger partial charge in [-0.1, -0.05) is 42.5 Å². The minimum Gasteiger partial charge on any atom is -0.394 e. The lowest BCUT2D eigenvalue weighted by molar-refractivity contribution is -0.436. The van der Waals surface area contributed by atoms with Gasteiger partial charge < -0.3 is 54.5 Å². The highest BCUT2D eigenvalue weighted by molar-refractivity contribution is 6.07. The maximum atomic E-state index is 13.2. The maximum Gasteiger partial charge on any atom is 0.226 e. The molecule has 0 aromatic heterocycles. The van der Waals surface area contributed by atoms with Crippen molar-refractivity contribution in [1.29, 1.82) is 0 Å². The van der Waals surface area contributed by atoms with E-state index in [0.717, 1.165) is 11.4 Å². The van der Waals surface area contributed by atoms with Crippen LogP contribution in [0.3, 0.4) is 0 Å². The number of carbonyl (C=O) groups excluding carboxylic acids is 1. The summed E-state index contributed by atoms with van der Waals surface area (Å²) in [6.45, 7) is 6.53. The predicted octanol–water partition coefficient (Wildman–Crippen LogP) is 1.75. The number of amides is 1. The molecular formula is C40H55N2O11+. The van der Waals surface area contributed by atoms with Crippen LogP contribution in [0.25, 0.3) is 10.8 Å². The zero-order chi connectivity index (χ0) is 37.7. The summed E-state index contributed by atoms with van der Waals surface area (Å²) >= 11 is 0. The first-order chi connectivity index (χ1) is 25.6. The molecule has 2 aromatic carbocycles. The van der Waals surface area contributed by atoms with E-state index in [1.165, 1.54) is 16.3 Å². The largest absolute Gasteiger partial charge is 0.394 e. The van der Waals surface area contributed by atoms with Gasteiger partial charge in [0.05, 0.1) is 31.2 Å². The number of nitrogens with zero attached hydrogens (tertiary/aromatic N) is 1. The van der Waals surface area contributed by atoms with E-state index in [1.54, 1.807) is 0 Å². The second kappa shape index (κ2) is 17.6. The molecule has 7 heterocycles. The Labute approximate surface area is 310 Å². The van der Waals surface area contributed by atoms with E-state index in [4.69, 9.17) is 23.7 Å². The molecule has 13 heteroatoms. The van der Waals surface area contributed by atoms with Crippen molar-refractivity contribution in [2.45, 2.75) is 113 Å². The van der Waals surface area contributed by atoms with Crippen molar-refractivity contribution in [2.75, 3.05) is 39.5 Å². The third-order valence-corrected chi connectivity index (χ3v) is 10.8. The first-order valence-electron chi connectivity index (χ1n) is 18.8. The number of hydrogen-bond acceptors (Lipinski definition) is 11. The van der Waals surface area contributed by atoms with Crippen LogP contribution < -0.4 is 5.32 Å². The molecule has 6 saturated heterocycles. The topological polar surface area (TPSA) is 179 Å². The number of carbonyl (C=O) groups is 1. The van der Waals surface area contributed by atoms with E-state index in [0.29, 0.717) is 32.4 Å². The fourth-order valence-electron chi connectivity index (χ4n) is 8.12. The molecule has 0 aliphatic carbocycles. The van der Waals surface area contributed by atoms with Crippen LogP contribution in [0.4, 0.5) is 5.69 Å². The summed E-state index contributed by atoms with van der Waals surface area (Å²) in [6.07, 6.45) is -1.62. The highest BCUT2D eigenvalue weighted by Gasteiger charge is 2.52. The standard InChI is InChI=1S/C40H54N2O11/c1-4-5-6-14-30-40(2,3)32-25-12-8-7-11-24(25)15-16-26(32)42(30)19-17-31(45)41-18-10-21-50-38-35(48)36-28(22-43)52-39(38)53-37-29(23-44)51-27(13-9-20-49-36)33(46)34(37)47/h4-8,11-12,14-16,27-29,33-39,43-44,46-48H,9-10,13,17-23H2,1-3H3/p+1/b5-4+,14-6+/t27-,28-,29-,33+,34-,35+,36-,37?,38-,39-/m1/s1. The molecule has 7 aliphatic rings. The van der Waals surface area contributed by atoms with Gasteiger partial charge in [-0.15, -0.1) is 0 Å². The Hall–Kier alpha value is -3.08. The van der Waals surface area contributed by atoms with Gasteiger partial charge in [0, 0.05) is 37.5 Å². The van der Waals surface area contributed by atoms with E-state index in [1.807, 2.05) is 31.2 Å². The Balaban J connectivity index is 1.08. The van der Waals surface area contributed by atoms with Crippen molar-refractivity contribution in [2.24, 2.45) is 0 Å². The van der Waals surface area contributed by atoms with Crippen molar-refractivity contribution in [3.8, 4) is 0 Å². The number of aliphatic hydroxyl groups excluding tert-OH is 5. The van der Waals surface area contributed by atoms with Gasteiger partial charge >= 0.3 is 0 Å². The number of hydrogen-bond donors (Lipinski definition) is 6. The van der Waals surface area contributed by atoms with Gasteiger partial charge in [-0.25, -0.2) is 0 Å². The molecular weight excluding hydrogens is 684 g/mol. The number of fused-ring (bicyclic) bond motifs is 3.